The van der Waals surface area contributed by atoms with Gasteiger partial charge in [0.1, 0.15) is 5.75 Å². The predicted octanol–water partition coefficient (Wildman–Crippen LogP) is 6.79. The van der Waals surface area contributed by atoms with Gasteiger partial charge in [0.05, 0.1) is 6.61 Å². The molecule has 0 amide bonds. The Morgan fingerprint density at radius 2 is 1.31 bits per heavy atom. The highest BCUT2D eigenvalue weighted by molar-refractivity contribution is 5.72. The lowest BCUT2D eigenvalue weighted by atomic mass is 10.1. The number of rotatable bonds is 17. The Morgan fingerprint density at radius 3 is 2.00 bits per heavy atom. The smallest absolute Gasteiger partial charge is 0.311 e. The van der Waals surface area contributed by atoms with Gasteiger partial charge in [-0.25, -0.2) is 0 Å². The van der Waals surface area contributed by atoms with Crippen LogP contribution in [0.15, 0.2) is 24.3 Å². The van der Waals surface area contributed by atoms with E-state index in [9.17, 15) is 9.59 Å². The third-order valence-corrected chi connectivity index (χ3v) is 5.10. The molecule has 29 heavy (non-hydrogen) atoms. The lowest BCUT2D eigenvalue weighted by molar-refractivity contribution is -0.144. The fourth-order valence-electron chi connectivity index (χ4n) is 3.28. The van der Waals surface area contributed by atoms with Gasteiger partial charge >= 0.3 is 11.9 Å². The van der Waals surface area contributed by atoms with E-state index in [2.05, 4.69) is 13.8 Å². The second-order valence-corrected chi connectivity index (χ2v) is 7.69. The van der Waals surface area contributed by atoms with E-state index in [-0.39, 0.29) is 11.9 Å². The van der Waals surface area contributed by atoms with E-state index < -0.39 is 0 Å². The molecule has 0 saturated heterocycles. The summed E-state index contributed by atoms with van der Waals surface area (Å²) in [6.07, 6.45) is 13.7. The Hall–Kier alpha value is -1.84. The van der Waals surface area contributed by atoms with E-state index in [4.69, 9.17) is 9.47 Å². The first-order valence-corrected chi connectivity index (χ1v) is 11.6. The third kappa shape index (κ3) is 13.1. The van der Waals surface area contributed by atoms with Crippen LogP contribution in [0.2, 0.25) is 0 Å². The summed E-state index contributed by atoms with van der Waals surface area (Å²) >= 11 is 0. The summed E-state index contributed by atoms with van der Waals surface area (Å²) in [5, 5.41) is 0. The lowest BCUT2D eigenvalue weighted by Crippen LogP contribution is -2.08. The van der Waals surface area contributed by atoms with Crippen molar-refractivity contribution in [1.82, 2.24) is 0 Å². The monoisotopic (exact) mass is 404 g/mol. The van der Waals surface area contributed by atoms with E-state index in [0.717, 1.165) is 63.4 Å². The molecule has 1 aromatic rings. The maximum absolute atomic E-state index is 12.0. The molecule has 0 aliphatic heterocycles. The lowest BCUT2D eigenvalue weighted by Gasteiger charge is -2.08. The van der Waals surface area contributed by atoms with Crippen LogP contribution in [-0.2, 0) is 20.7 Å². The molecular formula is C25H40O4. The molecule has 0 atom stereocenters. The van der Waals surface area contributed by atoms with Crippen LogP contribution in [0.3, 0.4) is 0 Å². The Balaban J connectivity index is 1.94. The van der Waals surface area contributed by atoms with E-state index >= 15 is 0 Å². The zero-order valence-electron chi connectivity index (χ0n) is 18.5. The molecular weight excluding hydrogens is 364 g/mol. The number of carbonyl (C=O) groups is 2. The van der Waals surface area contributed by atoms with Crippen LogP contribution in [0, 0.1) is 0 Å². The largest absolute Gasteiger partial charge is 0.466 e. The Labute approximate surface area is 177 Å². The zero-order valence-corrected chi connectivity index (χ0v) is 18.5. The van der Waals surface area contributed by atoms with Gasteiger partial charge < -0.3 is 9.47 Å². The van der Waals surface area contributed by atoms with Gasteiger partial charge in [-0.15, -0.1) is 0 Å². The molecule has 4 nitrogen and oxygen atoms in total. The average Bonchev–Trinajstić information content (AvgIpc) is 2.73. The summed E-state index contributed by atoms with van der Waals surface area (Å²) < 4.78 is 10.7. The summed E-state index contributed by atoms with van der Waals surface area (Å²) in [4.78, 5) is 23.6. The number of hydrogen-bond acceptors (Lipinski definition) is 4. The fraction of sp³-hybridized carbons (Fsp3) is 0.680. The highest BCUT2D eigenvalue weighted by Gasteiger charge is 2.08. The third-order valence-electron chi connectivity index (χ3n) is 5.10. The second-order valence-electron chi connectivity index (χ2n) is 7.69. The summed E-state index contributed by atoms with van der Waals surface area (Å²) in [5.41, 5.74) is 1.07. The Bertz CT molecular complexity index is 568. The molecule has 0 N–H and O–H groups in total. The minimum atomic E-state index is -0.150. The number of aryl methyl sites for hydroxylation is 1. The van der Waals surface area contributed by atoms with Crippen molar-refractivity contribution in [2.45, 2.75) is 104 Å². The predicted molar refractivity (Wildman–Crippen MR) is 118 cm³/mol. The molecule has 0 aliphatic carbocycles. The minimum absolute atomic E-state index is 0.0596. The van der Waals surface area contributed by atoms with Gasteiger partial charge in [-0.3, -0.25) is 9.59 Å². The van der Waals surface area contributed by atoms with Crippen LogP contribution in [0.4, 0.5) is 0 Å². The molecule has 0 fully saturated rings. The number of hydrogen-bond donors (Lipinski definition) is 0. The van der Waals surface area contributed by atoms with Crippen molar-refractivity contribution in [1.29, 1.82) is 0 Å². The number of ether oxygens (including phenoxy) is 2. The van der Waals surface area contributed by atoms with Crippen LogP contribution >= 0.6 is 0 Å². The summed E-state index contributed by atoms with van der Waals surface area (Å²) in [7, 11) is 0. The van der Waals surface area contributed by atoms with Gasteiger partial charge in [0.15, 0.2) is 0 Å². The number of benzene rings is 1. The van der Waals surface area contributed by atoms with E-state index in [1.54, 1.807) is 0 Å². The van der Waals surface area contributed by atoms with Crippen molar-refractivity contribution in [3.05, 3.63) is 29.8 Å². The maximum atomic E-state index is 12.0. The second kappa shape index (κ2) is 17.1. The normalized spacial score (nSPS) is 10.7. The van der Waals surface area contributed by atoms with E-state index in [0.29, 0.717) is 25.2 Å². The topological polar surface area (TPSA) is 52.6 Å². The average molecular weight is 405 g/mol. The molecule has 0 spiro atoms. The molecule has 4 heteroatoms. The Morgan fingerprint density at radius 1 is 0.724 bits per heavy atom. The zero-order chi connectivity index (χ0) is 21.2. The number of carbonyl (C=O) groups excluding carboxylic acids is 2. The SMILES string of the molecule is CCCCCCCOC(=O)CCCCCCCCC(=O)Oc1ccccc1CC. The van der Waals surface area contributed by atoms with Crippen LogP contribution < -0.4 is 4.74 Å². The minimum Gasteiger partial charge on any atom is -0.466 e. The van der Waals surface area contributed by atoms with Crippen LogP contribution in [0.1, 0.15) is 103 Å². The molecule has 1 aromatic carbocycles. The van der Waals surface area contributed by atoms with Crippen molar-refractivity contribution in [3.63, 3.8) is 0 Å². The number of unbranched alkanes of at least 4 members (excludes halogenated alkanes) is 9. The van der Waals surface area contributed by atoms with Gasteiger partial charge in [0.2, 0.25) is 0 Å². The maximum Gasteiger partial charge on any atom is 0.311 e. The van der Waals surface area contributed by atoms with Crippen LogP contribution in [-0.4, -0.2) is 18.5 Å². The molecule has 0 radical (unpaired) electrons. The quantitative estimate of drug-likeness (QED) is 0.163. The molecule has 164 valence electrons. The summed E-state index contributed by atoms with van der Waals surface area (Å²) in [6, 6.07) is 7.70. The first-order valence-electron chi connectivity index (χ1n) is 11.6. The van der Waals surface area contributed by atoms with Crippen LogP contribution in [0.5, 0.6) is 5.75 Å². The molecule has 0 aromatic heterocycles. The van der Waals surface area contributed by atoms with Crippen molar-refractivity contribution in [2.75, 3.05) is 6.61 Å². The molecule has 0 aliphatic rings. The number of para-hydroxylation sites is 1. The van der Waals surface area contributed by atoms with E-state index in [1.165, 1.54) is 19.3 Å². The van der Waals surface area contributed by atoms with Crippen molar-refractivity contribution in [2.24, 2.45) is 0 Å². The Kier molecular flexibility index (Phi) is 14.8. The summed E-state index contributed by atoms with van der Waals surface area (Å²) in [6.45, 7) is 4.82. The van der Waals surface area contributed by atoms with Crippen molar-refractivity contribution >= 4 is 11.9 Å². The van der Waals surface area contributed by atoms with Crippen LogP contribution in [0.25, 0.3) is 0 Å². The molecule has 1 rings (SSSR count). The fourth-order valence-corrected chi connectivity index (χ4v) is 3.28. The molecule has 0 heterocycles. The van der Waals surface area contributed by atoms with Gasteiger partial charge in [0.25, 0.3) is 0 Å². The van der Waals surface area contributed by atoms with Gasteiger partial charge in [-0.1, -0.05) is 83.4 Å². The van der Waals surface area contributed by atoms with Gasteiger partial charge in [-0.05, 0) is 37.3 Å². The molecule has 0 saturated carbocycles. The molecule has 0 bridgehead atoms. The first-order chi connectivity index (χ1) is 14.2. The van der Waals surface area contributed by atoms with Crippen molar-refractivity contribution < 1.29 is 19.1 Å². The molecule has 0 unspecified atom stereocenters. The van der Waals surface area contributed by atoms with Gasteiger partial charge in [-0.2, -0.15) is 0 Å². The van der Waals surface area contributed by atoms with Gasteiger partial charge in [0, 0.05) is 12.8 Å². The standard InChI is InChI=1S/C25H40O4/c1-3-5-6-11-16-21-28-24(26)19-12-9-7-8-10-13-20-25(27)29-23-18-15-14-17-22(23)4-2/h14-15,17-18H,3-13,16,19-21H2,1-2H3. The summed E-state index contributed by atoms with van der Waals surface area (Å²) in [5.74, 6) is 0.479. The highest BCUT2D eigenvalue weighted by atomic mass is 16.5. The number of esters is 2. The van der Waals surface area contributed by atoms with E-state index in [1.807, 2.05) is 24.3 Å². The van der Waals surface area contributed by atoms with Crippen molar-refractivity contribution in [3.8, 4) is 5.75 Å². The highest BCUT2D eigenvalue weighted by Crippen LogP contribution is 2.19. The first kappa shape index (κ1) is 25.2.